The smallest absolute Gasteiger partial charge is 0.324 e. The van der Waals surface area contributed by atoms with Gasteiger partial charge in [-0.25, -0.2) is 0 Å². The molecule has 96 valence electrons. The van der Waals surface area contributed by atoms with Crippen LogP contribution < -0.4 is 0 Å². The summed E-state index contributed by atoms with van der Waals surface area (Å²) in [7, 11) is 0. The summed E-state index contributed by atoms with van der Waals surface area (Å²) in [6.07, 6.45) is 0. The number of hydrogen-bond acceptors (Lipinski definition) is 3. The highest BCUT2D eigenvalue weighted by atomic mass is 127. The third-order valence-corrected chi connectivity index (χ3v) is 4.70. The van der Waals surface area contributed by atoms with Crippen molar-refractivity contribution in [1.29, 1.82) is 0 Å². The van der Waals surface area contributed by atoms with Crippen LogP contribution >= 0.6 is 40.9 Å². The Kier molecular flexibility index (Phi) is 6.87. The van der Waals surface area contributed by atoms with E-state index in [0.29, 0.717) is 6.61 Å². The monoisotopic (exact) mass is 406 g/mol. The van der Waals surface area contributed by atoms with Gasteiger partial charge in [-0.3, -0.25) is 0 Å². The van der Waals surface area contributed by atoms with Gasteiger partial charge in [-0.1, -0.05) is 12.1 Å². The van der Waals surface area contributed by atoms with E-state index in [2.05, 4.69) is 22.6 Å². The molecule has 2 unspecified atom stereocenters. The van der Waals surface area contributed by atoms with Gasteiger partial charge in [0.25, 0.3) is 0 Å². The Morgan fingerprint density at radius 2 is 2.00 bits per heavy atom. The van der Waals surface area contributed by atoms with Crippen molar-refractivity contribution >= 4 is 52.7 Å². The number of halogens is 2. The van der Waals surface area contributed by atoms with Crippen LogP contribution in [0.1, 0.15) is 17.9 Å². The first kappa shape index (κ1) is 15.8. The lowest BCUT2D eigenvalue weighted by atomic mass is 10.2. The fourth-order valence-corrected chi connectivity index (χ4v) is 3.02. The molecule has 0 aliphatic carbocycles. The van der Waals surface area contributed by atoms with Crippen molar-refractivity contribution in [2.24, 2.45) is 0 Å². The fraction of sp³-hybridized carbons (Fsp3) is 0.400. The van der Waals surface area contributed by atoms with Crippen LogP contribution in [0, 0.1) is 3.57 Å². The highest BCUT2D eigenvalue weighted by molar-refractivity contribution is 14.1. The molecule has 1 N–H and O–H groups in total. The van der Waals surface area contributed by atoms with Crippen LogP contribution in [0.3, 0.4) is 0 Å². The Labute approximate surface area is 125 Å². The lowest BCUT2D eigenvalue weighted by Crippen LogP contribution is -2.02. The topological polar surface area (TPSA) is 38.7 Å². The van der Waals surface area contributed by atoms with E-state index >= 15 is 0 Å². The summed E-state index contributed by atoms with van der Waals surface area (Å²) >= 11 is 13.2. The normalized spacial score (nSPS) is 16.5. The summed E-state index contributed by atoms with van der Waals surface area (Å²) < 4.78 is 11.2. The van der Waals surface area contributed by atoms with Crippen LogP contribution in [0.4, 0.5) is 0 Å². The Bertz CT molecular complexity index is 401. The lowest BCUT2D eigenvalue weighted by Gasteiger charge is -2.17. The minimum atomic E-state index is -3.13. The second-order valence-electron chi connectivity index (χ2n) is 3.20. The third-order valence-electron chi connectivity index (χ3n) is 1.91. The third kappa shape index (κ3) is 5.96. The van der Waals surface area contributed by atoms with Gasteiger partial charge < -0.3 is 13.9 Å². The number of rotatable bonds is 6. The quantitative estimate of drug-likeness (QED) is 0.443. The van der Waals surface area contributed by atoms with Gasteiger partial charge in [0, 0.05) is 3.57 Å². The van der Waals surface area contributed by atoms with Gasteiger partial charge in [0.1, 0.15) is 0 Å². The first-order chi connectivity index (χ1) is 7.94. The molecule has 3 nitrogen and oxygen atoms in total. The van der Waals surface area contributed by atoms with E-state index in [9.17, 15) is 4.89 Å². The molecule has 0 aliphatic heterocycles. The van der Waals surface area contributed by atoms with Gasteiger partial charge in [0.15, 0.2) is 0 Å². The molecule has 1 aromatic carbocycles. The number of hydrogen-bond donors (Lipinski definition) is 1. The second-order valence-corrected chi connectivity index (χ2v) is 7.81. The predicted octanol–water partition coefficient (Wildman–Crippen LogP) is 3.84. The van der Waals surface area contributed by atoms with Crippen LogP contribution in [0.2, 0.25) is 0 Å². The van der Waals surface area contributed by atoms with Crippen molar-refractivity contribution in [1.82, 2.24) is 0 Å². The van der Waals surface area contributed by atoms with Crippen LogP contribution in [-0.4, -0.2) is 18.1 Å². The average molecular weight is 407 g/mol. The maximum atomic E-state index is 9.58. The molecule has 17 heavy (non-hydrogen) atoms. The zero-order valence-electron chi connectivity index (χ0n) is 9.18. The van der Waals surface area contributed by atoms with E-state index in [1.807, 2.05) is 24.3 Å². The predicted molar refractivity (Wildman–Crippen MR) is 81.8 cm³/mol. The van der Waals surface area contributed by atoms with Gasteiger partial charge in [0.2, 0.25) is 0 Å². The molecule has 0 aromatic heterocycles. The van der Waals surface area contributed by atoms with Crippen molar-refractivity contribution in [2.45, 2.75) is 12.3 Å². The summed E-state index contributed by atoms with van der Waals surface area (Å²) in [4.78, 5) is 9.58. The number of benzene rings is 1. The van der Waals surface area contributed by atoms with Gasteiger partial charge in [-0.15, -0.1) is 11.6 Å². The molecular weight excluding hydrogens is 394 g/mol. The molecule has 1 aromatic rings. The van der Waals surface area contributed by atoms with Crippen molar-refractivity contribution in [3.05, 3.63) is 33.4 Å². The summed E-state index contributed by atoms with van der Waals surface area (Å²) in [5.74, 6) is 0. The summed E-state index contributed by atoms with van der Waals surface area (Å²) in [6, 6.07) is 7.76. The minimum absolute atomic E-state index is 0.135. The first-order valence-electron chi connectivity index (χ1n) is 4.96. The first-order valence-corrected chi connectivity index (χ1v) is 9.06. The lowest BCUT2D eigenvalue weighted by molar-refractivity contribution is 0.204. The average Bonchev–Trinajstić information content (AvgIpc) is 2.27. The number of alkyl halides is 1. The minimum Gasteiger partial charge on any atom is -0.324 e. The van der Waals surface area contributed by atoms with Gasteiger partial charge in [-0.05, 0) is 59.0 Å². The van der Waals surface area contributed by atoms with Crippen molar-refractivity contribution in [3.8, 4) is 0 Å². The molecular formula is C10H13ClIO3PS. The summed E-state index contributed by atoms with van der Waals surface area (Å²) in [6.45, 7) is -0.922. The Morgan fingerprint density at radius 3 is 2.53 bits per heavy atom. The highest BCUT2D eigenvalue weighted by Crippen LogP contribution is 2.44. The zero-order valence-corrected chi connectivity index (χ0v) is 13.8. The van der Waals surface area contributed by atoms with Crippen molar-refractivity contribution < 1.29 is 13.9 Å². The second kappa shape index (κ2) is 7.38. The van der Waals surface area contributed by atoms with E-state index in [-0.39, 0.29) is 12.0 Å². The molecule has 0 radical (unpaired) electrons. The van der Waals surface area contributed by atoms with Gasteiger partial charge in [0.05, 0.1) is 18.6 Å². The van der Waals surface area contributed by atoms with Crippen LogP contribution in [0.5, 0.6) is 0 Å². The molecule has 2 atom stereocenters. The molecule has 7 heteroatoms. The summed E-state index contributed by atoms with van der Waals surface area (Å²) in [5.41, 5.74) is 0.929. The van der Waals surface area contributed by atoms with Gasteiger partial charge in [-0.2, -0.15) is 0 Å². The molecule has 0 saturated heterocycles. The molecule has 0 aliphatic rings. The Hall–Kier alpha value is 0.770. The molecule has 0 saturated carbocycles. The van der Waals surface area contributed by atoms with E-state index in [0.717, 1.165) is 9.13 Å². The van der Waals surface area contributed by atoms with Crippen LogP contribution in [0.25, 0.3) is 0 Å². The van der Waals surface area contributed by atoms with Crippen LogP contribution in [0.15, 0.2) is 24.3 Å². The Balaban J connectivity index is 2.52. The standard InChI is InChI=1S/C10H13ClIO3PS/c1-2-14-16(13,17)15-7-10(11)8-3-5-9(12)6-4-8/h3-6,10H,2,7H2,1H3,(H,13,17). The molecule has 0 spiro atoms. The van der Waals surface area contributed by atoms with Crippen molar-refractivity contribution in [3.63, 3.8) is 0 Å². The van der Waals surface area contributed by atoms with E-state index in [4.69, 9.17) is 32.5 Å². The largest absolute Gasteiger partial charge is 0.324 e. The van der Waals surface area contributed by atoms with E-state index in [1.54, 1.807) is 6.92 Å². The summed E-state index contributed by atoms with van der Waals surface area (Å²) in [5, 5.41) is -0.345. The molecule has 0 amide bonds. The fourth-order valence-electron chi connectivity index (χ4n) is 1.13. The zero-order chi connectivity index (χ0) is 12.9. The highest BCUT2D eigenvalue weighted by Gasteiger charge is 2.17. The van der Waals surface area contributed by atoms with E-state index in [1.165, 1.54) is 0 Å². The SMILES string of the molecule is CCOP(O)(=S)OCC(Cl)c1ccc(I)cc1. The molecule has 0 bridgehead atoms. The maximum Gasteiger partial charge on any atom is 0.324 e. The van der Waals surface area contributed by atoms with Crippen molar-refractivity contribution in [2.75, 3.05) is 13.2 Å². The molecule has 0 fully saturated rings. The van der Waals surface area contributed by atoms with Crippen LogP contribution in [-0.2, 0) is 20.9 Å². The maximum absolute atomic E-state index is 9.58. The Morgan fingerprint density at radius 1 is 1.41 bits per heavy atom. The molecule has 0 heterocycles. The molecule has 1 rings (SSSR count). The van der Waals surface area contributed by atoms with E-state index < -0.39 is 6.72 Å². The van der Waals surface area contributed by atoms with Gasteiger partial charge >= 0.3 is 6.72 Å².